The Labute approximate surface area is 146 Å². The van der Waals surface area contributed by atoms with Crippen LogP contribution in [0.5, 0.6) is 0 Å². The number of nitrogens with one attached hydrogen (secondary N) is 2. The fraction of sp³-hybridized carbons (Fsp3) is 0.200. The van der Waals surface area contributed by atoms with E-state index in [0.29, 0.717) is 24.9 Å². The lowest BCUT2D eigenvalue weighted by Crippen LogP contribution is -2.25. The van der Waals surface area contributed by atoms with Crippen molar-refractivity contribution >= 4 is 22.8 Å². The van der Waals surface area contributed by atoms with Crippen molar-refractivity contribution in [2.75, 3.05) is 13.6 Å². The van der Waals surface area contributed by atoms with Crippen molar-refractivity contribution < 1.29 is 14.0 Å². The molecule has 0 atom stereocenters. The van der Waals surface area contributed by atoms with Crippen LogP contribution in [-0.4, -0.2) is 25.4 Å². The molecular formula is C20H20N2O3. The number of hydrogen-bond donors (Lipinski definition) is 2. The van der Waals surface area contributed by atoms with Crippen LogP contribution in [0.15, 0.2) is 59.2 Å². The second-order valence-electron chi connectivity index (χ2n) is 5.81. The molecule has 3 aromatic rings. The van der Waals surface area contributed by atoms with Gasteiger partial charge in [0.2, 0.25) is 5.91 Å². The Bertz CT molecular complexity index is 884. The molecule has 3 rings (SSSR count). The monoisotopic (exact) mass is 336 g/mol. The number of carbonyl (C=O) groups is 2. The first-order valence-corrected chi connectivity index (χ1v) is 8.20. The fourth-order valence-corrected chi connectivity index (χ4v) is 2.71. The van der Waals surface area contributed by atoms with Gasteiger partial charge in [0.25, 0.3) is 5.91 Å². The van der Waals surface area contributed by atoms with E-state index in [2.05, 4.69) is 10.6 Å². The third-order valence-electron chi connectivity index (χ3n) is 4.08. The van der Waals surface area contributed by atoms with Crippen molar-refractivity contribution in [2.24, 2.45) is 0 Å². The smallest absolute Gasteiger partial charge is 0.251 e. The van der Waals surface area contributed by atoms with Gasteiger partial charge in [-0.05, 0) is 41.8 Å². The van der Waals surface area contributed by atoms with Crippen LogP contribution in [0, 0.1) is 0 Å². The molecule has 0 radical (unpaired) electrons. The van der Waals surface area contributed by atoms with Crippen molar-refractivity contribution in [3.05, 3.63) is 71.5 Å². The van der Waals surface area contributed by atoms with Gasteiger partial charge in [-0.25, -0.2) is 0 Å². The molecule has 0 fully saturated rings. The lowest BCUT2D eigenvalue weighted by atomic mass is 10.1. The minimum Gasteiger partial charge on any atom is -0.464 e. The first-order chi connectivity index (χ1) is 12.2. The zero-order valence-electron chi connectivity index (χ0n) is 14.0. The molecule has 1 heterocycles. The van der Waals surface area contributed by atoms with Gasteiger partial charge in [0.15, 0.2) is 0 Å². The highest BCUT2D eigenvalue weighted by Crippen LogP contribution is 2.23. The molecule has 5 heteroatoms. The molecule has 0 unspecified atom stereocenters. The summed E-state index contributed by atoms with van der Waals surface area (Å²) in [6.45, 7) is 0.516. The van der Waals surface area contributed by atoms with Crippen LogP contribution in [-0.2, 0) is 17.6 Å². The number of rotatable bonds is 6. The van der Waals surface area contributed by atoms with Crippen molar-refractivity contribution in [1.82, 2.24) is 10.6 Å². The van der Waals surface area contributed by atoms with Gasteiger partial charge in [0.1, 0.15) is 5.58 Å². The minimum absolute atomic E-state index is 0.0282. The van der Waals surface area contributed by atoms with Gasteiger partial charge < -0.3 is 15.1 Å². The van der Waals surface area contributed by atoms with Crippen molar-refractivity contribution in [1.29, 1.82) is 0 Å². The predicted octanol–water partition coefficient (Wildman–Crippen LogP) is 2.69. The minimum atomic E-state index is -0.0892. The molecule has 5 nitrogen and oxygen atoms in total. The largest absolute Gasteiger partial charge is 0.464 e. The lowest BCUT2D eigenvalue weighted by Gasteiger charge is -2.05. The van der Waals surface area contributed by atoms with Crippen molar-refractivity contribution in [2.45, 2.75) is 12.8 Å². The van der Waals surface area contributed by atoms with Crippen molar-refractivity contribution in [3.8, 4) is 0 Å². The van der Waals surface area contributed by atoms with Crippen LogP contribution >= 0.6 is 0 Å². The van der Waals surface area contributed by atoms with Crippen LogP contribution < -0.4 is 10.6 Å². The van der Waals surface area contributed by atoms with E-state index in [0.717, 1.165) is 22.1 Å². The summed E-state index contributed by atoms with van der Waals surface area (Å²) < 4.78 is 5.56. The number of fused-ring (bicyclic) bond motifs is 1. The molecule has 0 aliphatic carbocycles. The molecule has 0 aliphatic heterocycles. The molecule has 2 N–H and O–H groups in total. The number of hydrogen-bond acceptors (Lipinski definition) is 3. The first kappa shape index (κ1) is 16.8. The summed E-state index contributed by atoms with van der Waals surface area (Å²) in [4.78, 5) is 23.6. The second kappa shape index (κ2) is 7.66. The Hall–Kier alpha value is -3.08. The Morgan fingerprint density at radius 2 is 1.88 bits per heavy atom. The van der Waals surface area contributed by atoms with E-state index in [1.54, 1.807) is 25.4 Å². The van der Waals surface area contributed by atoms with E-state index >= 15 is 0 Å². The highest BCUT2D eigenvalue weighted by Gasteiger charge is 2.10. The maximum absolute atomic E-state index is 12.1. The Morgan fingerprint density at radius 3 is 2.64 bits per heavy atom. The molecule has 2 aromatic carbocycles. The van der Waals surface area contributed by atoms with Crippen LogP contribution in [0.3, 0.4) is 0 Å². The average molecular weight is 336 g/mol. The molecule has 0 spiro atoms. The van der Waals surface area contributed by atoms with Crippen molar-refractivity contribution in [3.63, 3.8) is 0 Å². The number of benzene rings is 2. The van der Waals surface area contributed by atoms with E-state index in [4.69, 9.17) is 4.42 Å². The van der Waals surface area contributed by atoms with Gasteiger partial charge in [-0.2, -0.15) is 0 Å². The van der Waals surface area contributed by atoms with Gasteiger partial charge in [0.05, 0.1) is 12.7 Å². The zero-order chi connectivity index (χ0) is 17.6. The van der Waals surface area contributed by atoms with Crippen LogP contribution in [0.1, 0.15) is 21.5 Å². The summed E-state index contributed by atoms with van der Waals surface area (Å²) in [7, 11) is 1.62. The van der Waals surface area contributed by atoms with Gasteiger partial charge in [-0.1, -0.05) is 24.3 Å². The highest BCUT2D eigenvalue weighted by molar-refractivity contribution is 5.94. The maximum atomic E-state index is 12.1. The molecular weight excluding hydrogens is 316 g/mol. The van der Waals surface area contributed by atoms with Gasteiger partial charge in [-0.3, -0.25) is 9.59 Å². The van der Waals surface area contributed by atoms with Crippen LogP contribution in [0.2, 0.25) is 0 Å². The van der Waals surface area contributed by atoms with Crippen LogP contribution in [0.4, 0.5) is 0 Å². The number of amides is 2. The van der Waals surface area contributed by atoms with E-state index in [1.165, 1.54) is 0 Å². The normalized spacial score (nSPS) is 10.6. The Balaban J connectivity index is 1.66. The summed E-state index contributed by atoms with van der Waals surface area (Å²) >= 11 is 0. The third-order valence-corrected chi connectivity index (χ3v) is 4.08. The highest BCUT2D eigenvalue weighted by atomic mass is 16.3. The SMILES string of the molecule is CNC(=O)Cc1ccc2occ(CCNC(=O)c3ccccc3)c2c1. The van der Waals surface area contributed by atoms with E-state index < -0.39 is 0 Å². The molecule has 0 aliphatic rings. The topological polar surface area (TPSA) is 71.3 Å². The van der Waals surface area contributed by atoms with E-state index in [9.17, 15) is 9.59 Å². The standard InChI is InChI=1S/C20H20N2O3/c1-21-19(23)12-14-7-8-18-17(11-14)16(13-25-18)9-10-22-20(24)15-5-3-2-4-6-15/h2-8,11,13H,9-10,12H2,1H3,(H,21,23)(H,22,24). The first-order valence-electron chi connectivity index (χ1n) is 8.20. The molecule has 128 valence electrons. The number of carbonyl (C=O) groups excluding carboxylic acids is 2. The molecule has 25 heavy (non-hydrogen) atoms. The molecule has 0 saturated carbocycles. The molecule has 0 saturated heterocycles. The summed E-state index contributed by atoms with van der Waals surface area (Å²) in [6.07, 6.45) is 2.71. The summed E-state index contributed by atoms with van der Waals surface area (Å²) in [6, 6.07) is 14.9. The second-order valence-corrected chi connectivity index (χ2v) is 5.81. The van der Waals surface area contributed by atoms with Crippen LogP contribution in [0.25, 0.3) is 11.0 Å². The Kier molecular flexibility index (Phi) is 5.14. The molecule has 0 bridgehead atoms. The third kappa shape index (κ3) is 4.07. The Morgan fingerprint density at radius 1 is 1.08 bits per heavy atom. The lowest BCUT2D eigenvalue weighted by molar-refractivity contribution is -0.119. The predicted molar refractivity (Wildman–Crippen MR) is 96.5 cm³/mol. The quantitative estimate of drug-likeness (QED) is 0.727. The summed E-state index contributed by atoms with van der Waals surface area (Å²) in [5, 5.41) is 6.52. The van der Waals surface area contributed by atoms with Gasteiger partial charge >= 0.3 is 0 Å². The average Bonchev–Trinajstić information content (AvgIpc) is 3.04. The van der Waals surface area contributed by atoms with Gasteiger partial charge in [-0.15, -0.1) is 0 Å². The summed E-state index contributed by atoms with van der Waals surface area (Å²) in [5.41, 5.74) is 3.38. The molecule has 1 aromatic heterocycles. The van der Waals surface area contributed by atoms with Gasteiger partial charge in [0, 0.05) is 24.5 Å². The van der Waals surface area contributed by atoms with E-state index in [-0.39, 0.29) is 11.8 Å². The maximum Gasteiger partial charge on any atom is 0.251 e. The molecule has 2 amide bonds. The van der Waals surface area contributed by atoms with E-state index in [1.807, 2.05) is 36.4 Å². The zero-order valence-corrected chi connectivity index (χ0v) is 14.0. The summed E-state index contributed by atoms with van der Waals surface area (Å²) in [5.74, 6) is -0.117. The number of likely N-dealkylation sites (N-methyl/N-ethyl adjacent to an activating group) is 1. The fourth-order valence-electron chi connectivity index (χ4n) is 2.71. The number of furan rings is 1.